The molecule has 0 aliphatic carbocycles. The molecule has 28 heavy (non-hydrogen) atoms. The summed E-state index contributed by atoms with van der Waals surface area (Å²) in [5.41, 5.74) is 3.66. The Bertz CT molecular complexity index is 1230. The van der Waals surface area contributed by atoms with Gasteiger partial charge in [0.25, 0.3) is 0 Å². The molecule has 0 saturated heterocycles. The van der Waals surface area contributed by atoms with Crippen molar-refractivity contribution in [3.05, 3.63) is 78.1 Å². The molecule has 0 saturated carbocycles. The fourth-order valence-electron chi connectivity index (χ4n) is 3.04. The fourth-order valence-corrected chi connectivity index (χ4v) is 3.67. The average molecular weight is 393 g/mol. The Hall–Kier alpha value is -3.19. The third-order valence-corrected chi connectivity index (χ3v) is 5.63. The van der Waals surface area contributed by atoms with Crippen molar-refractivity contribution in [2.24, 2.45) is 0 Å². The number of hydrogen-bond donors (Lipinski definition) is 0. The van der Waals surface area contributed by atoms with Crippen molar-refractivity contribution in [1.82, 2.24) is 14.6 Å². The van der Waals surface area contributed by atoms with Crippen LogP contribution >= 0.6 is 0 Å². The highest BCUT2D eigenvalue weighted by Gasteiger charge is 2.11. The first-order chi connectivity index (χ1) is 13.4. The van der Waals surface area contributed by atoms with Crippen LogP contribution in [0.4, 0.5) is 0 Å². The van der Waals surface area contributed by atoms with Gasteiger partial charge in [0, 0.05) is 18.2 Å². The Morgan fingerprint density at radius 1 is 0.964 bits per heavy atom. The maximum absolute atomic E-state index is 11.6. The molecule has 4 rings (SSSR count). The molecule has 0 radical (unpaired) electrons. The highest BCUT2D eigenvalue weighted by molar-refractivity contribution is 7.90. The van der Waals surface area contributed by atoms with Gasteiger partial charge in [-0.3, -0.25) is 0 Å². The molecule has 0 amide bonds. The molecule has 2 aromatic carbocycles. The van der Waals surface area contributed by atoms with E-state index in [0.717, 1.165) is 28.2 Å². The quantitative estimate of drug-likeness (QED) is 0.520. The molecule has 6 nitrogen and oxygen atoms in total. The highest BCUT2D eigenvalue weighted by atomic mass is 32.2. The van der Waals surface area contributed by atoms with Crippen LogP contribution in [0.15, 0.2) is 71.6 Å². The molecule has 2 aromatic heterocycles. The van der Waals surface area contributed by atoms with Crippen molar-refractivity contribution in [3.8, 4) is 17.0 Å². The van der Waals surface area contributed by atoms with Crippen LogP contribution in [0.25, 0.3) is 16.9 Å². The van der Waals surface area contributed by atoms with E-state index in [0.29, 0.717) is 17.1 Å². The summed E-state index contributed by atoms with van der Waals surface area (Å²) in [4.78, 5) is 4.91. The van der Waals surface area contributed by atoms with Gasteiger partial charge in [-0.05, 0) is 54.1 Å². The highest BCUT2D eigenvalue weighted by Crippen LogP contribution is 2.23. The van der Waals surface area contributed by atoms with Gasteiger partial charge in [0.15, 0.2) is 21.3 Å². The van der Waals surface area contributed by atoms with Crippen LogP contribution < -0.4 is 4.74 Å². The second kappa shape index (κ2) is 7.09. The molecule has 0 spiro atoms. The lowest BCUT2D eigenvalue weighted by molar-refractivity contribution is 0.415. The number of fused-ring (bicyclic) bond motifs is 1. The van der Waals surface area contributed by atoms with Crippen LogP contribution in [0.5, 0.6) is 5.75 Å². The molecule has 0 bridgehead atoms. The van der Waals surface area contributed by atoms with Gasteiger partial charge in [-0.25, -0.2) is 17.9 Å². The SMILES string of the molecule is COc1ccc(-c2cccc3nc(Cc4ccc(S(C)(=O)=O)cc4)nn23)cc1. The molecular formula is C21H19N3O3S. The first-order valence-corrected chi connectivity index (χ1v) is 10.6. The van der Waals surface area contributed by atoms with E-state index in [1.54, 1.807) is 31.4 Å². The summed E-state index contributed by atoms with van der Waals surface area (Å²) in [7, 11) is -1.56. The lowest BCUT2D eigenvalue weighted by atomic mass is 10.1. The van der Waals surface area contributed by atoms with E-state index >= 15 is 0 Å². The van der Waals surface area contributed by atoms with Gasteiger partial charge in [0.1, 0.15) is 5.75 Å². The maximum Gasteiger partial charge on any atom is 0.175 e. The van der Waals surface area contributed by atoms with E-state index in [1.165, 1.54) is 6.26 Å². The van der Waals surface area contributed by atoms with Crippen LogP contribution in [0.2, 0.25) is 0 Å². The average Bonchev–Trinajstić information content (AvgIpc) is 3.10. The second-order valence-corrected chi connectivity index (χ2v) is 8.55. The number of rotatable bonds is 5. The fraction of sp³-hybridized carbons (Fsp3) is 0.143. The van der Waals surface area contributed by atoms with E-state index < -0.39 is 9.84 Å². The minimum atomic E-state index is -3.20. The third kappa shape index (κ3) is 3.61. The molecule has 4 aromatic rings. The number of nitrogens with zero attached hydrogens (tertiary/aromatic N) is 3. The summed E-state index contributed by atoms with van der Waals surface area (Å²) >= 11 is 0. The van der Waals surface area contributed by atoms with Gasteiger partial charge in [0.05, 0.1) is 17.7 Å². The molecule has 2 heterocycles. The van der Waals surface area contributed by atoms with E-state index in [9.17, 15) is 8.42 Å². The lowest BCUT2D eigenvalue weighted by Gasteiger charge is -2.05. The molecular weight excluding hydrogens is 374 g/mol. The van der Waals surface area contributed by atoms with Gasteiger partial charge >= 0.3 is 0 Å². The summed E-state index contributed by atoms with van der Waals surface area (Å²) in [6.07, 6.45) is 1.72. The normalized spacial score (nSPS) is 11.6. The number of ether oxygens (including phenoxy) is 1. The van der Waals surface area contributed by atoms with E-state index in [4.69, 9.17) is 4.74 Å². The molecule has 0 atom stereocenters. The Labute approximate surface area is 163 Å². The van der Waals surface area contributed by atoms with Gasteiger partial charge in [-0.15, -0.1) is 0 Å². The number of aromatic nitrogens is 3. The molecule has 142 valence electrons. The molecule has 0 N–H and O–H groups in total. The number of methoxy groups -OCH3 is 1. The van der Waals surface area contributed by atoms with Crippen molar-refractivity contribution in [2.75, 3.05) is 13.4 Å². The van der Waals surface area contributed by atoms with E-state index in [1.807, 2.05) is 47.0 Å². The zero-order valence-electron chi connectivity index (χ0n) is 15.5. The Morgan fingerprint density at radius 3 is 2.32 bits per heavy atom. The minimum Gasteiger partial charge on any atom is -0.497 e. The second-order valence-electron chi connectivity index (χ2n) is 6.53. The number of pyridine rings is 1. The molecule has 0 fully saturated rings. The van der Waals surface area contributed by atoms with Crippen LogP contribution in [-0.2, 0) is 16.3 Å². The molecule has 7 heteroatoms. The summed E-state index contributed by atoms with van der Waals surface area (Å²) in [6, 6.07) is 20.5. The van der Waals surface area contributed by atoms with Crippen LogP contribution in [0.1, 0.15) is 11.4 Å². The predicted molar refractivity (Wildman–Crippen MR) is 107 cm³/mol. The van der Waals surface area contributed by atoms with Gasteiger partial charge in [0.2, 0.25) is 0 Å². The minimum absolute atomic E-state index is 0.306. The topological polar surface area (TPSA) is 73.6 Å². The summed E-state index contributed by atoms with van der Waals surface area (Å²) in [6.45, 7) is 0. The third-order valence-electron chi connectivity index (χ3n) is 4.50. The van der Waals surface area contributed by atoms with Gasteiger partial charge in [-0.1, -0.05) is 18.2 Å². The number of hydrogen-bond acceptors (Lipinski definition) is 5. The van der Waals surface area contributed by atoms with Gasteiger partial charge in [-0.2, -0.15) is 5.10 Å². The van der Waals surface area contributed by atoms with Crippen molar-refractivity contribution < 1.29 is 13.2 Å². The summed E-state index contributed by atoms with van der Waals surface area (Å²) in [5, 5.41) is 4.65. The Morgan fingerprint density at radius 2 is 1.68 bits per heavy atom. The van der Waals surface area contributed by atoms with E-state index in [-0.39, 0.29) is 0 Å². The zero-order chi connectivity index (χ0) is 19.7. The monoisotopic (exact) mass is 393 g/mol. The maximum atomic E-state index is 11.6. The van der Waals surface area contributed by atoms with Crippen LogP contribution in [0.3, 0.4) is 0 Å². The van der Waals surface area contributed by atoms with Crippen molar-refractivity contribution in [1.29, 1.82) is 0 Å². The Kier molecular flexibility index (Phi) is 4.60. The molecule has 0 unspecified atom stereocenters. The molecule has 0 aliphatic rings. The predicted octanol–water partition coefficient (Wildman–Crippen LogP) is 3.40. The first-order valence-electron chi connectivity index (χ1n) is 8.72. The van der Waals surface area contributed by atoms with Crippen LogP contribution in [-0.4, -0.2) is 36.4 Å². The van der Waals surface area contributed by atoms with E-state index in [2.05, 4.69) is 10.1 Å². The summed E-state index contributed by atoms with van der Waals surface area (Å²) < 4.78 is 30.2. The largest absolute Gasteiger partial charge is 0.497 e. The number of sulfone groups is 1. The van der Waals surface area contributed by atoms with Crippen molar-refractivity contribution in [2.45, 2.75) is 11.3 Å². The smallest absolute Gasteiger partial charge is 0.175 e. The number of benzene rings is 2. The van der Waals surface area contributed by atoms with Crippen LogP contribution in [0, 0.1) is 0 Å². The van der Waals surface area contributed by atoms with Gasteiger partial charge < -0.3 is 4.74 Å². The first kappa shape index (κ1) is 18.2. The molecule has 0 aliphatic heterocycles. The van der Waals surface area contributed by atoms with Crippen molar-refractivity contribution >= 4 is 15.5 Å². The van der Waals surface area contributed by atoms with Crippen molar-refractivity contribution in [3.63, 3.8) is 0 Å². The summed E-state index contributed by atoms with van der Waals surface area (Å²) in [5.74, 6) is 1.47. The zero-order valence-corrected chi connectivity index (χ0v) is 16.3. The lowest BCUT2D eigenvalue weighted by Crippen LogP contribution is -1.98. The standard InChI is InChI=1S/C21H19N3O3S/c1-27-17-10-8-16(9-11-17)19-4-3-5-21-22-20(23-24(19)21)14-15-6-12-18(13-7-15)28(2,25)26/h3-13H,14H2,1-2H3. The Balaban J connectivity index is 1.66.